The van der Waals surface area contributed by atoms with Crippen LogP contribution in [0.25, 0.3) is 0 Å². The Balaban J connectivity index is 1.64. The molecule has 0 saturated carbocycles. The van der Waals surface area contributed by atoms with Gasteiger partial charge in [-0.25, -0.2) is 0 Å². The average Bonchev–Trinajstić information content (AvgIpc) is 2.73. The second-order valence-corrected chi connectivity index (χ2v) is 6.67. The summed E-state index contributed by atoms with van der Waals surface area (Å²) in [5.41, 5.74) is 3.70. The second kappa shape index (κ2) is 11.6. The maximum Gasteiger partial charge on any atom is 0.306 e. The summed E-state index contributed by atoms with van der Waals surface area (Å²) in [6.07, 6.45) is 2.41. The third-order valence-electron chi connectivity index (χ3n) is 4.47. The monoisotopic (exact) mass is 396 g/mol. The van der Waals surface area contributed by atoms with E-state index in [1.807, 2.05) is 55.5 Å². The number of benzene rings is 2. The Kier molecular flexibility index (Phi) is 8.89. The number of rotatable bonds is 10. The van der Waals surface area contributed by atoms with Crippen LogP contribution in [0.2, 0.25) is 0 Å². The lowest BCUT2D eigenvalue weighted by atomic mass is 10.1. The van der Waals surface area contributed by atoms with Crippen LogP contribution in [0, 0.1) is 0 Å². The predicted molar refractivity (Wildman–Crippen MR) is 114 cm³/mol. The van der Waals surface area contributed by atoms with E-state index in [-0.39, 0.29) is 25.4 Å². The first kappa shape index (κ1) is 22.1. The van der Waals surface area contributed by atoms with Crippen molar-refractivity contribution in [2.45, 2.75) is 46.0 Å². The molecular formula is C23H28N2O4. The van der Waals surface area contributed by atoms with E-state index in [9.17, 15) is 14.4 Å². The van der Waals surface area contributed by atoms with Crippen molar-refractivity contribution < 1.29 is 19.1 Å². The number of nitrogens with one attached hydrogen (secondary N) is 2. The number of hydrogen-bond acceptors (Lipinski definition) is 4. The molecule has 0 radical (unpaired) electrons. The summed E-state index contributed by atoms with van der Waals surface area (Å²) >= 11 is 0. The average molecular weight is 396 g/mol. The van der Waals surface area contributed by atoms with Crippen LogP contribution >= 0.6 is 0 Å². The first-order valence-corrected chi connectivity index (χ1v) is 9.94. The Bertz CT molecular complexity index is 831. The highest BCUT2D eigenvalue weighted by Crippen LogP contribution is 2.16. The van der Waals surface area contributed by atoms with E-state index >= 15 is 0 Å². The van der Waals surface area contributed by atoms with Gasteiger partial charge in [0.25, 0.3) is 5.91 Å². The van der Waals surface area contributed by atoms with Crippen molar-refractivity contribution >= 4 is 29.2 Å². The van der Waals surface area contributed by atoms with Gasteiger partial charge in [-0.05, 0) is 48.6 Å². The van der Waals surface area contributed by atoms with Gasteiger partial charge in [-0.1, -0.05) is 44.2 Å². The van der Waals surface area contributed by atoms with Crippen molar-refractivity contribution in [3.63, 3.8) is 0 Å². The summed E-state index contributed by atoms with van der Waals surface area (Å²) in [6.45, 7) is 3.74. The summed E-state index contributed by atoms with van der Waals surface area (Å²) in [7, 11) is 0. The fraction of sp³-hybridized carbons (Fsp3) is 0.348. The van der Waals surface area contributed by atoms with E-state index < -0.39 is 11.9 Å². The van der Waals surface area contributed by atoms with Crippen LogP contribution < -0.4 is 10.6 Å². The molecule has 2 aromatic carbocycles. The van der Waals surface area contributed by atoms with Crippen LogP contribution in [0.5, 0.6) is 0 Å². The summed E-state index contributed by atoms with van der Waals surface area (Å²) in [5.74, 6) is -1.04. The van der Waals surface area contributed by atoms with Crippen molar-refractivity contribution in [3.05, 3.63) is 59.7 Å². The van der Waals surface area contributed by atoms with Gasteiger partial charge in [-0.3, -0.25) is 14.4 Å². The van der Waals surface area contributed by atoms with Gasteiger partial charge < -0.3 is 15.4 Å². The molecule has 0 aliphatic rings. The van der Waals surface area contributed by atoms with E-state index in [4.69, 9.17) is 4.74 Å². The van der Waals surface area contributed by atoms with E-state index in [1.165, 1.54) is 5.56 Å². The van der Waals surface area contributed by atoms with Gasteiger partial charge in [-0.15, -0.1) is 0 Å². The number of ether oxygens (including phenoxy) is 1. The molecule has 0 heterocycles. The number of carbonyl (C=O) groups excluding carboxylic acids is 3. The first-order valence-electron chi connectivity index (χ1n) is 9.94. The minimum atomic E-state index is -0.497. The van der Waals surface area contributed by atoms with Gasteiger partial charge in [0, 0.05) is 24.2 Å². The fourth-order valence-corrected chi connectivity index (χ4v) is 2.80. The molecule has 0 bridgehead atoms. The lowest BCUT2D eigenvalue weighted by Gasteiger charge is -2.09. The Morgan fingerprint density at radius 3 is 2.24 bits per heavy atom. The number of esters is 1. The molecule has 0 atom stereocenters. The summed E-state index contributed by atoms with van der Waals surface area (Å²) in [6, 6.07) is 15.1. The zero-order valence-corrected chi connectivity index (χ0v) is 17.0. The molecule has 0 saturated heterocycles. The molecule has 2 amide bonds. The molecule has 0 aliphatic heterocycles. The normalized spacial score (nSPS) is 10.3. The lowest BCUT2D eigenvalue weighted by molar-refractivity contribution is -0.147. The van der Waals surface area contributed by atoms with Crippen LogP contribution in [-0.4, -0.2) is 24.4 Å². The van der Waals surface area contributed by atoms with Gasteiger partial charge in [0.1, 0.15) is 0 Å². The summed E-state index contributed by atoms with van der Waals surface area (Å²) in [4.78, 5) is 35.7. The van der Waals surface area contributed by atoms with Crippen LogP contribution in [-0.2, 0) is 32.0 Å². The Morgan fingerprint density at radius 1 is 0.828 bits per heavy atom. The molecule has 0 fully saturated rings. The maximum absolute atomic E-state index is 12.0. The fourth-order valence-electron chi connectivity index (χ4n) is 2.80. The molecule has 2 N–H and O–H groups in total. The number of aryl methyl sites for hydroxylation is 2. The second-order valence-electron chi connectivity index (χ2n) is 6.67. The van der Waals surface area contributed by atoms with Crippen LogP contribution in [0.15, 0.2) is 48.5 Å². The Labute approximate surface area is 171 Å². The molecule has 2 rings (SSSR count). The van der Waals surface area contributed by atoms with Crippen LogP contribution in [0.1, 0.15) is 44.2 Å². The van der Waals surface area contributed by atoms with E-state index in [0.717, 1.165) is 24.1 Å². The molecule has 0 aliphatic carbocycles. The van der Waals surface area contributed by atoms with E-state index in [0.29, 0.717) is 12.1 Å². The number of amides is 2. The molecule has 2 aromatic rings. The number of hydrogen-bond donors (Lipinski definition) is 2. The smallest absolute Gasteiger partial charge is 0.306 e. The van der Waals surface area contributed by atoms with Crippen molar-refractivity contribution in [1.29, 1.82) is 0 Å². The van der Waals surface area contributed by atoms with Crippen molar-refractivity contribution in [2.24, 2.45) is 0 Å². The third kappa shape index (κ3) is 7.78. The third-order valence-corrected chi connectivity index (χ3v) is 4.47. The SMILES string of the molecule is CCc1ccc(NC(=O)COC(=O)CCCC(=O)Nc2ccccc2CC)cc1. The Hall–Kier alpha value is -3.15. The highest BCUT2D eigenvalue weighted by molar-refractivity contribution is 5.93. The zero-order chi connectivity index (χ0) is 21.1. The van der Waals surface area contributed by atoms with Crippen molar-refractivity contribution in [2.75, 3.05) is 17.2 Å². The molecule has 0 aromatic heterocycles. The van der Waals surface area contributed by atoms with Gasteiger partial charge >= 0.3 is 5.97 Å². The zero-order valence-electron chi connectivity index (χ0n) is 17.0. The van der Waals surface area contributed by atoms with Crippen LogP contribution in [0.3, 0.4) is 0 Å². The quantitative estimate of drug-likeness (QED) is 0.592. The highest BCUT2D eigenvalue weighted by Gasteiger charge is 2.10. The molecule has 29 heavy (non-hydrogen) atoms. The minimum absolute atomic E-state index is 0.0846. The summed E-state index contributed by atoms with van der Waals surface area (Å²) in [5, 5.41) is 5.55. The predicted octanol–water partition coefficient (Wildman–Crippen LogP) is 4.10. The molecule has 154 valence electrons. The molecule has 6 heteroatoms. The van der Waals surface area contributed by atoms with Crippen molar-refractivity contribution in [3.8, 4) is 0 Å². The molecule has 0 unspecified atom stereocenters. The number of carbonyl (C=O) groups is 3. The maximum atomic E-state index is 12.0. The topological polar surface area (TPSA) is 84.5 Å². The standard InChI is InChI=1S/C23H28N2O4/c1-3-17-12-14-19(15-13-17)24-22(27)16-29-23(28)11-7-10-21(26)25-20-9-6-5-8-18(20)4-2/h5-6,8-9,12-15H,3-4,7,10-11,16H2,1-2H3,(H,24,27)(H,25,26). The largest absolute Gasteiger partial charge is 0.456 e. The van der Waals surface area contributed by atoms with Gasteiger partial charge in [-0.2, -0.15) is 0 Å². The number of anilines is 2. The van der Waals surface area contributed by atoms with E-state index in [1.54, 1.807) is 0 Å². The molecular weight excluding hydrogens is 368 g/mol. The Morgan fingerprint density at radius 2 is 1.55 bits per heavy atom. The van der Waals surface area contributed by atoms with Gasteiger partial charge in [0.05, 0.1) is 0 Å². The minimum Gasteiger partial charge on any atom is -0.456 e. The van der Waals surface area contributed by atoms with Gasteiger partial charge in [0.15, 0.2) is 6.61 Å². The van der Waals surface area contributed by atoms with Gasteiger partial charge in [0.2, 0.25) is 5.91 Å². The molecule has 6 nitrogen and oxygen atoms in total. The highest BCUT2D eigenvalue weighted by atomic mass is 16.5. The summed E-state index contributed by atoms with van der Waals surface area (Å²) < 4.78 is 4.97. The molecule has 0 spiro atoms. The lowest BCUT2D eigenvalue weighted by Crippen LogP contribution is -2.21. The number of para-hydroxylation sites is 1. The van der Waals surface area contributed by atoms with Crippen molar-refractivity contribution in [1.82, 2.24) is 0 Å². The van der Waals surface area contributed by atoms with E-state index in [2.05, 4.69) is 17.6 Å². The van der Waals surface area contributed by atoms with Crippen LogP contribution in [0.4, 0.5) is 11.4 Å². The first-order chi connectivity index (χ1) is 14.0.